The molecule has 0 amide bonds. The highest BCUT2D eigenvalue weighted by molar-refractivity contribution is 5.06. The van der Waals surface area contributed by atoms with E-state index >= 15 is 0 Å². The van der Waals surface area contributed by atoms with E-state index in [1.54, 1.807) is 6.26 Å². The predicted molar refractivity (Wildman–Crippen MR) is 78.7 cm³/mol. The van der Waals surface area contributed by atoms with Gasteiger partial charge in [0, 0.05) is 13.1 Å². The Morgan fingerprint density at radius 1 is 1.35 bits per heavy atom. The molecule has 0 bridgehead atoms. The smallest absolute Gasteiger partial charge is 0.122 e. The fourth-order valence-corrected chi connectivity index (χ4v) is 3.36. The Hall–Kier alpha value is -0.840. The van der Waals surface area contributed by atoms with Crippen LogP contribution in [0.15, 0.2) is 22.8 Å². The summed E-state index contributed by atoms with van der Waals surface area (Å²) >= 11 is 0. The lowest BCUT2D eigenvalue weighted by Crippen LogP contribution is -2.37. The Balaban J connectivity index is 1.51. The largest absolute Gasteiger partial charge is 0.468 e. The third-order valence-corrected chi connectivity index (χ3v) is 4.48. The zero-order chi connectivity index (χ0) is 13.8. The lowest BCUT2D eigenvalue weighted by atomic mass is 10.1. The molecule has 4 nitrogen and oxygen atoms in total. The molecule has 20 heavy (non-hydrogen) atoms. The maximum absolute atomic E-state index is 5.86. The van der Waals surface area contributed by atoms with Gasteiger partial charge in [-0.15, -0.1) is 0 Å². The second kappa shape index (κ2) is 6.74. The molecule has 0 radical (unpaired) electrons. The number of hydrogen-bond donors (Lipinski definition) is 1. The Kier molecular flexibility index (Phi) is 4.76. The van der Waals surface area contributed by atoms with Crippen LogP contribution in [0.3, 0.4) is 0 Å². The molecule has 1 N–H and O–H groups in total. The number of furan rings is 1. The number of likely N-dealkylation sites (tertiary alicyclic amines) is 1. The number of nitrogens with zero attached hydrogens (tertiary/aromatic N) is 1. The normalized spacial score (nSPS) is 29.1. The van der Waals surface area contributed by atoms with E-state index in [0.29, 0.717) is 18.2 Å². The van der Waals surface area contributed by atoms with Gasteiger partial charge in [0.15, 0.2) is 0 Å². The first-order valence-electron chi connectivity index (χ1n) is 7.96. The van der Waals surface area contributed by atoms with Crippen molar-refractivity contribution in [1.29, 1.82) is 0 Å². The van der Waals surface area contributed by atoms with Crippen LogP contribution in [-0.4, -0.2) is 43.3 Å². The molecule has 0 spiro atoms. The van der Waals surface area contributed by atoms with Gasteiger partial charge in [0.25, 0.3) is 0 Å². The topological polar surface area (TPSA) is 37.6 Å². The van der Waals surface area contributed by atoms with Crippen molar-refractivity contribution < 1.29 is 9.15 Å². The van der Waals surface area contributed by atoms with Crippen LogP contribution in [0.2, 0.25) is 0 Å². The van der Waals surface area contributed by atoms with Gasteiger partial charge in [-0.05, 0) is 57.8 Å². The van der Waals surface area contributed by atoms with E-state index in [2.05, 4.69) is 23.2 Å². The highest BCUT2D eigenvalue weighted by Gasteiger charge is 2.26. The molecule has 2 fully saturated rings. The zero-order valence-corrected chi connectivity index (χ0v) is 12.4. The molecule has 3 rings (SSSR count). The maximum atomic E-state index is 5.86. The summed E-state index contributed by atoms with van der Waals surface area (Å²) in [4.78, 5) is 2.53. The van der Waals surface area contributed by atoms with E-state index in [-0.39, 0.29) is 0 Å². The molecular formula is C16H26N2O2. The fraction of sp³-hybridized carbons (Fsp3) is 0.750. The monoisotopic (exact) mass is 278 g/mol. The van der Waals surface area contributed by atoms with Crippen molar-refractivity contribution in [1.82, 2.24) is 10.2 Å². The Morgan fingerprint density at radius 2 is 2.20 bits per heavy atom. The van der Waals surface area contributed by atoms with Gasteiger partial charge < -0.3 is 14.5 Å². The summed E-state index contributed by atoms with van der Waals surface area (Å²) in [5.74, 6) is 1.08. The summed E-state index contributed by atoms with van der Waals surface area (Å²) < 4.78 is 11.5. The lowest BCUT2D eigenvalue weighted by molar-refractivity contribution is 0.0545. The summed E-state index contributed by atoms with van der Waals surface area (Å²) in [6, 6.07) is 4.45. The van der Waals surface area contributed by atoms with Gasteiger partial charge in [-0.1, -0.05) is 0 Å². The molecule has 0 aliphatic carbocycles. The average Bonchev–Trinajstić information content (AvgIpc) is 3.18. The standard InChI is InChI=1S/C16H26N2O2/c1-13-6-7-14(20-13)11-17-12-15(16-5-4-10-19-16)18-8-2-3-9-18/h4-5,10,13-15,17H,2-3,6-9,11-12H2,1H3. The van der Waals surface area contributed by atoms with E-state index in [4.69, 9.17) is 9.15 Å². The third-order valence-electron chi connectivity index (χ3n) is 4.48. The van der Waals surface area contributed by atoms with Crippen LogP contribution < -0.4 is 5.32 Å². The second-order valence-electron chi connectivity index (χ2n) is 6.08. The zero-order valence-electron chi connectivity index (χ0n) is 12.4. The van der Waals surface area contributed by atoms with Gasteiger partial charge >= 0.3 is 0 Å². The molecule has 0 saturated carbocycles. The SMILES string of the molecule is CC1CCC(CNCC(c2ccco2)N2CCCC2)O1. The molecular weight excluding hydrogens is 252 g/mol. The lowest BCUT2D eigenvalue weighted by Gasteiger charge is -2.26. The predicted octanol–water partition coefficient (Wildman–Crippen LogP) is 2.57. The number of hydrogen-bond acceptors (Lipinski definition) is 4. The van der Waals surface area contributed by atoms with Crippen LogP contribution in [0.4, 0.5) is 0 Å². The van der Waals surface area contributed by atoms with E-state index in [1.165, 1.54) is 38.8 Å². The molecule has 1 aromatic heterocycles. The summed E-state index contributed by atoms with van der Waals surface area (Å²) in [6.07, 6.45) is 7.59. The minimum atomic E-state index is 0.367. The van der Waals surface area contributed by atoms with Gasteiger partial charge in [-0.3, -0.25) is 4.90 Å². The molecule has 3 unspecified atom stereocenters. The minimum absolute atomic E-state index is 0.367. The maximum Gasteiger partial charge on any atom is 0.122 e. The first-order valence-corrected chi connectivity index (χ1v) is 7.96. The van der Waals surface area contributed by atoms with E-state index in [9.17, 15) is 0 Å². The Morgan fingerprint density at radius 3 is 2.85 bits per heavy atom. The molecule has 2 saturated heterocycles. The van der Waals surface area contributed by atoms with Crippen molar-refractivity contribution in [3.05, 3.63) is 24.2 Å². The summed E-state index contributed by atoms with van der Waals surface area (Å²) in [6.45, 7) is 6.43. The minimum Gasteiger partial charge on any atom is -0.468 e. The van der Waals surface area contributed by atoms with Crippen molar-refractivity contribution in [2.24, 2.45) is 0 Å². The Bertz CT molecular complexity index is 387. The van der Waals surface area contributed by atoms with Crippen LogP contribution in [0.25, 0.3) is 0 Å². The van der Waals surface area contributed by atoms with Gasteiger partial charge in [-0.2, -0.15) is 0 Å². The molecule has 1 aromatic rings. The average molecular weight is 278 g/mol. The first kappa shape index (κ1) is 14.1. The number of nitrogens with one attached hydrogen (secondary N) is 1. The van der Waals surface area contributed by atoms with Crippen molar-refractivity contribution in [3.8, 4) is 0 Å². The summed E-state index contributed by atoms with van der Waals surface area (Å²) in [5, 5.41) is 3.59. The van der Waals surface area contributed by atoms with Crippen molar-refractivity contribution in [3.63, 3.8) is 0 Å². The van der Waals surface area contributed by atoms with Gasteiger partial charge in [0.05, 0.1) is 24.5 Å². The molecule has 2 aliphatic rings. The summed E-state index contributed by atoms with van der Waals surface area (Å²) in [5.41, 5.74) is 0. The van der Waals surface area contributed by atoms with Crippen LogP contribution >= 0.6 is 0 Å². The molecule has 3 heterocycles. The quantitative estimate of drug-likeness (QED) is 0.868. The summed E-state index contributed by atoms with van der Waals surface area (Å²) in [7, 11) is 0. The number of ether oxygens (including phenoxy) is 1. The Labute approximate surface area is 121 Å². The van der Waals surface area contributed by atoms with Crippen LogP contribution in [0.1, 0.15) is 44.4 Å². The molecule has 0 aromatic carbocycles. The van der Waals surface area contributed by atoms with Gasteiger partial charge in [0.1, 0.15) is 5.76 Å². The molecule has 4 heteroatoms. The molecule has 112 valence electrons. The third kappa shape index (κ3) is 3.43. The van der Waals surface area contributed by atoms with E-state index in [0.717, 1.165) is 18.8 Å². The highest BCUT2D eigenvalue weighted by atomic mass is 16.5. The molecule has 3 atom stereocenters. The van der Waals surface area contributed by atoms with Gasteiger partial charge in [0.2, 0.25) is 0 Å². The van der Waals surface area contributed by atoms with Crippen molar-refractivity contribution >= 4 is 0 Å². The fourth-order valence-electron chi connectivity index (χ4n) is 3.36. The van der Waals surface area contributed by atoms with Crippen LogP contribution in [0.5, 0.6) is 0 Å². The highest BCUT2D eigenvalue weighted by Crippen LogP contribution is 2.25. The van der Waals surface area contributed by atoms with E-state index in [1.807, 2.05) is 6.07 Å². The first-order chi connectivity index (χ1) is 9.83. The molecule has 2 aliphatic heterocycles. The van der Waals surface area contributed by atoms with Crippen LogP contribution in [0, 0.1) is 0 Å². The van der Waals surface area contributed by atoms with E-state index < -0.39 is 0 Å². The van der Waals surface area contributed by atoms with Crippen molar-refractivity contribution in [2.75, 3.05) is 26.2 Å². The van der Waals surface area contributed by atoms with Crippen molar-refractivity contribution in [2.45, 2.75) is 50.9 Å². The number of rotatable bonds is 6. The van der Waals surface area contributed by atoms with Crippen LogP contribution in [-0.2, 0) is 4.74 Å². The van der Waals surface area contributed by atoms with Gasteiger partial charge in [-0.25, -0.2) is 0 Å². The second-order valence-corrected chi connectivity index (χ2v) is 6.08.